The van der Waals surface area contributed by atoms with Crippen LogP contribution in [0.4, 0.5) is 0 Å². The highest BCUT2D eigenvalue weighted by molar-refractivity contribution is 5.34. The Morgan fingerprint density at radius 2 is 2.07 bits per heavy atom. The molecule has 0 atom stereocenters. The van der Waals surface area contributed by atoms with E-state index >= 15 is 0 Å². The number of rotatable bonds is 3. The molecule has 0 unspecified atom stereocenters. The lowest BCUT2D eigenvalue weighted by Gasteiger charge is -1.97. The van der Waals surface area contributed by atoms with Gasteiger partial charge in [-0.05, 0) is 17.7 Å². The summed E-state index contributed by atoms with van der Waals surface area (Å²) in [7, 11) is 0. The normalized spacial score (nSPS) is 8.00. The van der Waals surface area contributed by atoms with Crippen molar-refractivity contribution in [2.75, 3.05) is 0 Å². The lowest BCUT2D eigenvalue weighted by atomic mass is 10.2. The predicted octanol–water partition coefficient (Wildman–Crippen LogP) is 0.778. The van der Waals surface area contributed by atoms with Gasteiger partial charge in [0.2, 0.25) is 6.08 Å². The second kappa shape index (κ2) is 5.41. The SMILES string of the molecule is NC#COc1ccc(CN=C=O)cc1. The van der Waals surface area contributed by atoms with E-state index in [2.05, 4.69) is 17.1 Å². The van der Waals surface area contributed by atoms with Gasteiger partial charge in [0.1, 0.15) is 11.9 Å². The first-order chi connectivity index (χ1) is 6.86. The highest BCUT2D eigenvalue weighted by Gasteiger charge is 1.93. The summed E-state index contributed by atoms with van der Waals surface area (Å²) < 4.78 is 4.92. The zero-order valence-electron chi connectivity index (χ0n) is 7.36. The smallest absolute Gasteiger partial charge is 0.235 e. The number of hydrogen-bond donors (Lipinski definition) is 1. The van der Waals surface area contributed by atoms with Crippen molar-refractivity contribution >= 4 is 6.08 Å². The van der Waals surface area contributed by atoms with Crippen molar-refractivity contribution in [1.29, 1.82) is 0 Å². The first-order valence-electron chi connectivity index (χ1n) is 3.87. The fourth-order valence-corrected chi connectivity index (χ4v) is 0.875. The maximum Gasteiger partial charge on any atom is 0.235 e. The highest BCUT2D eigenvalue weighted by Crippen LogP contribution is 2.11. The lowest BCUT2D eigenvalue weighted by Crippen LogP contribution is -1.87. The van der Waals surface area contributed by atoms with Gasteiger partial charge in [-0.2, -0.15) is 0 Å². The average molecular weight is 188 g/mol. The molecule has 0 bridgehead atoms. The second-order valence-electron chi connectivity index (χ2n) is 2.40. The van der Waals surface area contributed by atoms with E-state index in [1.807, 2.05) is 0 Å². The van der Waals surface area contributed by atoms with E-state index < -0.39 is 0 Å². The van der Waals surface area contributed by atoms with Crippen molar-refractivity contribution in [3.8, 4) is 17.9 Å². The summed E-state index contributed by atoms with van der Waals surface area (Å²) in [6, 6.07) is 9.14. The predicted molar refractivity (Wildman–Crippen MR) is 50.9 cm³/mol. The zero-order valence-corrected chi connectivity index (χ0v) is 7.36. The molecule has 0 aromatic heterocycles. The summed E-state index contributed by atoms with van der Waals surface area (Å²) >= 11 is 0. The summed E-state index contributed by atoms with van der Waals surface area (Å²) in [5.41, 5.74) is 5.83. The number of ether oxygens (including phenoxy) is 1. The molecule has 1 aromatic carbocycles. The van der Waals surface area contributed by atoms with Crippen molar-refractivity contribution < 1.29 is 9.53 Å². The summed E-state index contributed by atoms with van der Waals surface area (Å²) in [4.78, 5) is 13.3. The van der Waals surface area contributed by atoms with Gasteiger partial charge in [0.25, 0.3) is 0 Å². The molecule has 4 heteroatoms. The molecule has 70 valence electrons. The average Bonchev–Trinajstić information content (AvgIpc) is 2.25. The minimum Gasteiger partial charge on any atom is -0.406 e. The molecular weight excluding hydrogens is 180 g/mol. The summed E-state index contributed by atoms with van der Waals surface area (Å²) in [5.74, 6) is 0.599. The van der Waals surface area contributed by atoms with Crippen molar-refractivity contribution in [2.24, 2.45) is 10.7 Å². The van der Waals surface area contributed by atoms with Crippen LogP contribution in [0.5, 0.6) is 5.75 Å². The third kappa shape index (κ3) is 3.02. The Bertz CT molecular complexity index is 394. The molecule has 0 spiro atoms. The van der Waals surface area contributed by atoms with E-state index in [-0.39, 0.29) is 0 Å². The molecule has 0 aliphatic carbocycles. The van der Waals surface area contributed by atoms with E-state index in [1.54, 1.807) is 24.3 Å². The fraction of sp³-hybridized carbons (Fsp3) is 0.100. The zero-order chi connectivity index (χ0) is 10.2. The number of nitrogens with two attached hydrogens (primary N) is 1. The first kappa shape index (κ1) is 9.85. The molecule has 2 N–H and O–H groups in total. The minimum atomic E-state index is 0.326. The maximum absolute atomic E-state index is 9.84. The number of hydrogen-bond acceptors (Lipinski definition) is 4. The van der Waals surface area contributed by atoms with E-state index in [1.165, 1.54) is 6.08 Å². The second-order valence-corrected chi connectivity index (χ2v) is 2.40. The third-order valence-corrected chi connectivity index (χ3v) is 1.48. The number of isocyanates is 1. The van der Waals surface area contributed by atoms with Crippen LogP contribution in [-0.4, -0.2) is 6.08 Å². The van der Waals surface area contributed by atoms with Gasteiger partial charge in [-0.25, -0.2) is 9.79 Å². The van der Waals surface area contributed by atoms with Gasteiger partial charge in [-0.15, -0.1) is 0 Å². The van der Waals surface area contributed by atoms with Gasteiger partial charge in [-0.3, -0.25) is 0 Å². The molecule has 0 heterocycles. The molecular formula is C10H8N2O2. The van der Waals surface area contributed by atoms with E-state index in [0.29, 0.717) is 12.3 Å². The van der Waals surface area contributed by atoms with Gasteiger partial charge in [0.05, 0.1) is 6.54 Å². The molecule has 0 radical (unpaired) electrons. The molecule has 4 nitrogen and oxygen atoms in total. The van der Waals surface area contributed by atoms with Gasteiger partial charge >= 0.3 is 0 Å². The molecule has 1 rings (SSSR count). The van der Waals surface area contributed by atoms with Crippen LogP contribution in [-0.2, 0) is 11.3 Å². The van der Waals surface area contributed by atoms with Crippen molar-refractivity contribution in [3.63, 3.8) is 0 Å². The minimum absolute atomic E-state index is 0.326. The molecule has 0 amide bonds. The molecule has 0 fully saturated rings. The topological polar surface area (TPSA) is 64.7 Å². The molecule has 0 aliphatic rings. The van der Waals surface area contributed by atoms with Crippen molar-refractivity contribution in [2.45, 2.75) is 6.54 Å². The van der Waals surface area contributed by atoms with Crippen LogP contribution in [0.3, 0.4) is 0 Å². The monoisotopic (exact) mass is 188 g/mol. The largest absolute Gasteiger partial charge is 0.406 e. The Labute approximate surface area is 81.4 Å². The standard InChI is InChI=1S/C10H8N2O2/c11-5-6-14-10-3-1-9(2-4-10)7-12-8-13/h1-4H,7,11H2. The molecule has 0 saturated heterocycles. The van der Waals surface area contributed by atoms with Crippen LogP contribution in [0.1, 0.15) is 5.56 Å². The number of carbonyl (C=O) groups excluding carboxylic acids is 1. The van der Waals surface area contributed by atoms with E-state index in [9.17, 15) is 4.79 Å². The van der Waals surface area contributed by atoms with Crippen LogP contribution in [0.15, 0.2) is 29.3 Å². The lowest BCUT2D eigenvalue weighted by molar-refractivity contribution is 0.519. The third-order valence-electron chi connectivity index (χ3n) is 1.48. The summed E-state index contributed by atoms with van der Waals surface area (Å²) in [6.45, 7) is 0.326. The molecule has 1 aromatic rings. The summed E-state index contributed by atoms with van der Waals surface area (Å²) in [5, 5.41) is 0. The maximum atomic E-state index is 9.84. The van der Waals surface area contributed by atoms with Crippen LogP contribution in [0, 0.1) is 12.2 Å². The Morgan fingerprint density at radius 1 is 1.36 bits per heavy atom. The fourth-order valence-electron chi connectivity index (χ4n) is 0.875. The summed E-state index contributed by atoms with van der Waals surface area (Å²) in [6.07, 6.45) is 3.74. The highest BCUT2D eigenvalue weighted by atomic mass is 16.5. The molecule has 0 saturated carbocycles. The Kier molecular flexibility index (Phi) is 3.81. The number of benzene rings is 1. The molecule has 0 aliphatic heterocycles. The van der Waals surface area contributed by atoms with Crippen LogP contribution in [0.25, 0.3) is 0 Å². The van der Waals surface area contributed by atoms with Crippen LogP contribution < -0.4 is 10.5 Å². The van der Waals surface area contributed by atoms with Gasteiger partial charge in [0.15, 0.2) is 0 Å². The number of nitrogens with zero attached hydrogens (tertiary/aromatic N) is 1. The van der Waals surface area contributed by atoms with E-state index in [4.69, 9.17) is 10.5 Å². The Morgan fingerprint density at radius 3 is 2.64 bits per heavy atom. The van der Waals surface area contributed by atoms with Gasteiger partial charge in [0, 0.05) is 6.04 Å². The first-order valence-corrected chi connectivity index (χ1v) is 3.87. The Hall–Kier alpha value is -2.24. The van der Waals surface area contributed by atoms with Crippen molar-refractivity contribution in [1.82, 2.24) is 0 Å². The van der Waals surface area contributed by atoms with Crippen molar-refractivity contribution in [3.05, 3.63) is 29.8 Å². The van der Waals surface area contributed by atoms with Gasteiger partial charge in [-0.1, -0.05) is 12.1 Å². The number of aliphatic imine (C=N–C) groups is 1. The van der Waals surface area contributed by atoms with Gasteiger partial charge < -0.3 is 10.5 Å². The quantitative estimate of drug-likeness (QED) is 0.330. The Balaban J connectivity index is 2.66. The molecule has 14 heavy (non-hydrogen) atoms. The van der Waals surface area contributed by atoms with E-state index in [0.717, 1.165) is 5.56 Å². The van der Waals surface area contributed by atoms with Crippen LogP contribution in [0.2, 0.25) is 0 Å². The van der Waals surface area contributed by atoms with Crippen LogP contribution >= 0.6 is 0 Å².